The highest BCUT2D eigenvalue weighted by Crippen LogP contribution is 2.25. The number of halogens is 1. The molecule has 2 aromatic heterocycles. The first-order valence-corrected chi connectivity index (χ1v) is 9.65. The predicted molar refractivity (Wildman–Crippen MR) is 109 cm³/mol. The fraction of sp³-hybridized carbons (Fsp3) is 0.111. The number of aromatic amines is 1. The van der Waals surface area contributed by atoms with Crippen LogP contribution in [0.2, 0.25) is 0 Å². The Hall–Kier alpha value is -2.78. The summed E-state index contributed by atoms with van der Waals surface area (Å²) in [4.78, 5) is 31.1. The summed E-state index contributed by atoms with van der Waals surface area (Å²) in [6, 6.07) is 10.7. The third-order valence-corrected chi connectivity index (χ3v) is 4.92. The molecule has 1 aromatic carbocycles. The number of benzene rings is 1. The van der Waals surface area contributed by atoms with Crippen LogP contribution in [-0.4, -0.2) is 28.7 Å². The van der Waals surface area contributed by atoms with E-state index < -0.39 is 11.6 Å². The van der Waals surface area contributed by atoms with Gasteiger partial charge in [-0.3, -0.25) is 4.79 Å². The Kier molecular flexibility index (Phi) is 6.15. The molecule has 0 fully saturated rings. The van der Waals surface area contributed by atoms with Crippen molar-refractivity contribution in [2.75, 3.05) is 6.61 Å². The molecule has 0 aliphatic rings. The van der Waals surface area contributed by atoms with E-state index in [2.05, 4.69) is 36.4 Å². The monoisotopic (exact) mass is 446 g/mol. The van der Waals surface area contributed by atoms with Gasteiger partial charge in [-0.05, 0) is 64.1 Å². The number of nitrogens with zero attached hydrogens (tertiary/aromatic N) is 2. The van der Waals surface area contributed by atoms with Crippen molar-refractivity contribution >= 4 is 39.4 Å². The standard InChI is InChI=1S/C18H15BrN4O3S/c1-2-26-15-6-5-11(8-12(15)19)10-20-23-17(24)14-9-13(21-18(25)22-14)16-4-3-7-27-16/h3-10H,2H2,1H3,(H,23,24)(H,21,22,25)/b20-10+. The number of hydrogen-bond donors (Lipinski definition) is 2. The van der Waals surface area contributed by atoms with Gasteiger partial charge in [0.05, 0.1) is 27.9 Å². The van der Waals surface area contributed by atoms with Crippen LogP contribution < -0.4 is 15.9 Å². The van der Waals surface area contributed by atoms with Crippen LogP contribution in [0.3, 0.4) is 0 Å². The van der Waals surface area contributed by atoms with Crippen LogP contribution in [0.5, 0.6) is 5.75 Å². The topological polar surface area (TPSA) is 96.4 Å². The molecule has 0 aliphatic heterocycles. The van der Waals surface area contributed by atoms with Gasteiger partial charge in [0.25, 0.3) is 5.91 Å². The van der Waals surface area contributed by atoms with E-state index >= 15 is 0 Å². The van der Waals surface area contributed by atoms with Crippen LogP contribution in [0.25, 0.3) is 10.6 Å². The van der Waals surface area contributed by atoms with E-state index in [4.69, 9.17) is 4.74 Å². The molecule has 7 nitrogen and oxygen atoms in total. The van der Waals surface area contributed by atoms with Crippen LogP contribution in [-0.2, 0) is 0 Å². The summed E-state index contributed by atoms with van der Waals surface area (Å²) >= 11 is 4.87. The van der Waals surface area contributed by atoms with Gasteiger partial charge in [-0.15, -0.1) is 11.3 Å². The molecule has 2 heterocycles. The average Bonchev–Trinajstić information content (AvgIpc) is 3.18. The number of aromatic nitrogens is 2. The molecular formula is C18H15BrN4O3S. The number of ether oxygens (including phenoxy) is 1. The molecule has 138 valence electrons. The van der Waals surface area contributed by atoms with Gasteiger partial charge in [0.15, 0.2) is 0 Å². The summed E-state index contributed by atoms with van der Waals surface area (Å²) in [6.07, 6.45) is 1.49. The molecule has 9 heteroatoms. The maximum Gasteiger partial charge on any atom is 0.346 e. The molecule has 0 spiro atoms. The Labute approximate surface area is 167 Å². The highest BCUT2D eigenvalue weighted by Gasteiger charge is 2.11. The number of hydrazone groups is 1. The third kappa shape index (κ3) is 4.89. The van der Waals surface area contributed by atoms with Gasteiger partial charge in [0, 0.05) is 0 Å². The number of H-pyrrole nitrogens is 1. The Morgan fingerprint density at radius 1 is 1.41 bits per heavy atom. The summed E-state index contributed by atoms with van der Waals surface area (Å²) in [5.41, 5.74) is 3.08. The van der Waals surface area contributed by atoms with Crippen molar-refractivity contribution in [1.82, 2.24) is 15.4 Å². The maximum atomic E-state index is 12.2. The highest BCUT2D eigenvalue weighted by molar-refractivity contribution is 9.10. The SMILES string of the molecule is CCOc1ccc(/C=N/NC(=O)c2cc(-c3cccs3)[nH]c(=O)n2)cc1Br. The molecule has 27 heavy (non-hydrogen) atoms. The normalized spacial score (nSPS) is 10.9. The first kappa shape index (κ1) is 19.0. The highest BCUT2D eigenvalue weighted by atomic mass is 79.9. The summed E-state index contributed by atoms with van der Waals surface area (Å²) in [5, 5.41) is 5.80. The van der Waals surface area contributed by atoms with Crippen LogP contribution >= 0.6 is 27.3 Å². The summed E-state index contributed by atoms with van der Waals surface area (Å²) in [6.45, 7) is 2.47. The Morgan fingerprint density at radius 3 is 2.96 bits per heavy atom. The zero-order valence-corrected chi connectivity index (χ0v) is 16.6. The van der Waals surface area contributed by atoms with Crippen molar-refractivity contribution in [2.24, 2.45) is 5.10 Å². The van der Waals surface area contributed by atoms with Crippen molar-refractivity contribution in [3.8, 4) is 16.3 Å². The van der Waals surface area contributed by atoms with Gasteiger partial charge in [-0.1, -0.05) is 6.07 Å². The van der Waals surface area contributed by atoms with E-state index in [0.717, 1.165) is 20.7 Å². The molecule has 0 bridgehead atoms. The summed E-state index contributed by atoms with van der Waals surface area (Å²) in [5.74, 6) is 0.160. The zero-order chi connectivity index (χ0) is 19.2. The van der Waals surface area contributed by atoms with Gasteiger partial charge in [0.2, 0.25) is 0 Å². The van der Waals surface area contributed by atoms with Crippen molar-refractivity contribution in [2.45, 2.75) is 6.92 Å². The van der Waals surface area contributed by atoms with Crippen molar-refractivity contribution in [3.63, 3.8) is 0 Å². The van der Waals surface area contributed by atoms with Gasteiger partial charge < -0.3 is 9.72 Å². The molecule has 0 saturated carbocycles. The molecule has 1 amide bonds. The van der Waals surface area contributed by atoms with Crippen molar-refractivity contribution in [1.29, 1.82) is 0 Å². The largest absolute Gasteiger partial charge is 0.493 e. The lowest BCUT2D eigenvalue weighted by Crippen LogP contribution is -2.24. The fourth-order valence-corrected chi connectivity index (χ4v) is 3.44. The minimum atomic E-state index is -0.592. The van der Waals surface area contributed by atoms with E-state index in [-0.39, 0.29) is 5.69 Å². The van der Waals surface area contributed by atoms with Crippen molar-refractivity contribution < 1.29 is 9.53 Å². The number of thiophene rings is 1. The second kappa shape index (κ2) is 8.74. The summed E-state index contributed by atoms with van der Waals surface area (Å²) < 4.78 is 6.23. The van der Waals surface area contributed by atoms with E-state index in [1.165, 1.54) is 23.6 Å². The zero-order valence-electron chi connectivity index (χ0n) is 14.2. The molecule has 0 aliphatic carbocycles. The van der Waals surface area contributed by atoms with E-state index in [9.17, 15) is 9.59 Å². The number of rotatable bonds is 6. The van der Waals surface area contributed by atoms with E-state index in [1.54, 1.807) is 0 Å². The number of hydrogen-bond acceptors (Lipinski definition) is 6. The van der Waals surface area contributed by atoms with Gasteiger partial charge in [-0.25, -0.2) is 10.2 Å². The second-order valence-corrected chi connectivity index (χ2v) is 7.09. The molecule has 0 saturated heterocycles. The molecule has 0 atom stereocenters. The molecule has 2 N–H and O–H groups in total. The van der Waals surface area contributed by atoms with Crippen LogP contribution in [0.1, 0.15) is 23.0 Å². The van der Waals surface area contributed by atoms with Gasteiger partial charge in [-0.2, -0.15) is 10.1 Å². The lowest BCUT2D eigenvalue weighted by atomic mass is 10.2. The smallest absolute Gasteiger partial charge is 0.346 e. The third-order valence-electron chi connectivity index (χ3n) is 3.40. The van der Waals surface area contributed by atoms with Gasteiger partial charge in [0.1, 0.15) is 11.4 Å². The van der Waals surface area contributed by atoms with Gasteiger partial charge >= 0.3 is 5.69 Å². The predicted octanol–water partition coefficient (Wildman–Crippen LogP) is 3.42. The molecule has 3 aromatic rings. The lowest BCUT2D eigenvalue weighted by Gasteiger charge is -2.05. The number of carbonyl (C=O) groups is 1. The Morgan fingerprint density at radius 2 is 2.26 bits per heavy atom. The maximum absolute atomic E-state index is 12.2. The van der Waals surface area contributed by atoms with Crippen molar-refractivity contribution in [3.05, 3.63) is 68.0 Å². The second-order valence-electron chi connectivity index (χ2n) is 5.28. The number of carbonyl (C=O) groups excluding carboxylic acids is 1. The molecule has 0 unspecified atom stereocenters. The molecular weight excluding hydrogens is 432 g/mol. The Balaban J connectivity index is 1.72. The Bertz CT molecular complexity index is 1030. The quantitative estimate of drug-likeness (QED) is 0.447. The minimum absolute atomic E-state index is 0.00725. The molecule has 3 rings (SSSR count). The van der Waals surface area contributed by atoms with E-state index in [0.29, 0.717) is 12.3 Å². The molecule has 0 radical (unpaired) electrons. The van der Waals surface area contributed by atoms with Crippen LogP contribution in [0.15, 0.2) is 56.1 Å². The minimum Gasteiger partial charge on any atom is -0.493 e. The average molecular weight is 447 g/mol. The first-order valence-electron chi connectivity index (χ1n) is 7.98. The summed E-state index contributed by atoms with van der Waals surface area (Å²) in [7, 11) is 0. The number of nitrogens with one attached hydrogen (secondary N) is 2. The fourth-order valence-electron chi connectivity index (χ4n) is 2.23. The lowest BCUT2D eigenvalue weighted by molar-refractivity contribution is 0.0949. The number of amides is 1. The van der Waals surface area contributed by atoms with E-state index in [1.807, 2.05) is 42.6 Å². The van der Waals surface area contributed by atoms with Crippen LogP contribution in [0.4, 0.5) is 0 Å². The van der Waals surface area contributed by atoms with Crippen LogP contribution in [0, 0.1) is 0 Å². The first-order chi connectivity index (χ1) is 13.1.